The van der Waals surface area contributed by atoms with E-state index in [1.807, 2.05) is 7.11 Å². The standard InChI is InChI=1S/C29H48O2/c1-16(2)17(3)25-26(31-25)18(4)21-8-9-22-20-14-24(30-7)29-15-19(29)10-13-28(29,6)23(20)11-12-27(21,22)5/h16-26H,8-15H2,1-7H3/t17-,18+,19-,20+,21-,22+,23+,24-,25-,26-,27-,28-,29+/m1/s1. The molecule has 0 amide bonds. The lowest BCUT2D eigenvalue weighted by Crippen LogP contribution is -2.57. The van der Waals surface area contributed by atoms with Crippen molar-refractivity contribution >= 4 is 0 Å². The molecule has 0 radical (unpaired) electrons. The third-order valence-electron chi connectivity index (χ3n) is 13.2. The molecule has 0 N–H and O–H groups in total. The minimum absolute atomic E-state index is 0.519. The van der Waals surface area contributed by atoms with Gasteiger partial charge >= 0.3 is 0 Å². The van der Waals surface area contributed by atoms with Crippen molar-refractivity contribution in [1.82, 2.24) is 0 Å². The van der Waals surface area contributed by atoms with Crippen LogP contribution in [0.1, 0.15) is 92.9 Å². The van der Waals surface area contributed by atoms with Gasteiger partial charge in [0.15, 0.2) is 0 Å². The molecular weight excluding hydrogens is 380 g/mol. The molecule has 1 spiro atoms. The van der Waals surface area contributed by atoms with E-state index in [0.29, 0.717) is 40.5 Å². The second kappa shape index (κ2) is 6.74. The predicted octanol–water partition coefficient (Wildman–Crippen LogP) is 6.97. The summed E-state index contributed by atoms with van der Waals surface area (Å²) in [6, 6.07) is 0. The van der Waals surface area contributed by atoms with E-state index in [1.165, 1.54) is 51.4 Å². The highest BCUT2D eigenvalue weighted by Gasteiger charge is 2.77. The second-order valence-electron chi connectivity index (χ2n) is 14.0. The Labute approximate surface area is 191 Å². The van der Waals surface area contributed by atoms with Crippen LogP contribution in [0, 0.1) is 63.6 Å². The monoisotopic (exact) mass is 428 g/mol. The molecule has 1 heterocycles. The lowest BCUT2D eigenvalue weighted by molar-refractivity contribution is -0.161. The van der Waals surface area contributed by atoms with Gasteiger partial charge in [-0.05, 0) is 110 Å². The topological polar surface area (TPSA) is 21.8 Å². The highest BCUT2D eigenvalue weighted by Crippen LogP contribution is 2.82. The van der Waals surface area contributed by atoms with Gasteiger partial charge in [0.1, 0.15) is 0 Å². The summed E-state index contributed by atoms with van der Waals surface area (Å²) >= 11 is 0. The van der Waals surface area contributed by atoms with E-state index in [9.17, 15) is 0 Å². The van der Waals surface area contributed by atoms with Crippen molar-refractivity contribution in [2.45, 2.75) is 111 Å². The summed E-state index contributed by atoms with van der Waals surface area (Å²) in [7, 11) is 2.02. The van der Waals surface area contributed by atoms with Gasteiger partial charge in [0.25, 0.3) is 0 Å². The fourth-order valence-corrected chi connectivity index (χ4v) is 11.1. The van der Waals surface area contributed by atoms with Crippen LogP contribution < -0.4 is 0 Å². The van der Waals surface area contributed by atoms with Gasteiger partial charge < -0.3 is 9.47 Å². The van der Waals surface area contributed by atoms with Crippen LogP contribution in [0.2, 0.25) is 0 Å². The van der Waals surface area contributed by atoms with Crippen LogP contribution in [0.3, 0.4) is 0 Å². The third kappa shape index (κ3) is 2.59. The largest absolute Gasteiger partial charge is 0.381 e. The summed E-state index contributed by atoms with van der Waals surface area (Å²) in [5, 5.41) is 0. The summed E-state index contributed by atoms with van der Waals surface area (Å²) in [4.78, 5) is 0. The van der Waals surface area contributed by atoms with Crippen LogP contribution in [-0.4, -0.2) is 25.4 Å². The first-order valence-electron chi connectivity index (χ1n) is 13.9. The van der Waals surface area contributed by atoms with Gasteiger partial charge in [-0.3, -0.25) is 0 Å². The Bertz CT molecular complexity index is 732. The van der Waals surface area contributed by atoms with Crippen molar-refractivity contribution in [3.8, 4) is 0 Å². The zero-order valence-corrected chi connectivity index (χ0v) is 21.3. The fourth-order valence-electron chi connectivity index (χ4n) is 11.1. The Morgan fingerprint density at radius 3 is 2.35 bits per heavy atom. The van der Waals surface area contributed by atoms with E-state index < -0.39 is 0 Å². The molecule has 0 bridgehead atoms. The van der Waals surface area contributed by atoms with Crippen LogP contribution in [0.4, 0.5) is 0 Å². The molecule has 1 aliphatic heterocycles. The summed E-state index contributed by atoms with van der Waals surface area (Å²) in [5.74, 6) is 6.77. The quantitative estimate of drug-likeness (QED) is 0.441. The first kappa shape index (κ1) is 21.5. The molecule has 176 valence electrons. The van der Waals surface area contributed by atoms with Crippen LogP contribution in [-0.2, 0) is 9.47 Å². The summed E-state index contributed by atoms with van der Waals surface area (Å²) in [6.45, 7) is 15.1. The maximum atomic E-state index is 6.35. The first-order valence-corrected chi connectivity index (χ1v) is 13.9. The molecule has 5 aliphatic carbocycles. The fraction of sp³-hybridized carbons (Fsp3) is 1.00. The number of ether oxygens (including phenoxy) is 2. The number of hydrogen-bond donors (Lipinski definition) is 0. The van der Waals surface area contributed by atoms with Crippen molar-refractivity contribution < 1.29 is 9.47 Å². The molecule has 0 unspecified atom stereocenters. The highest BCUT2D eigenvalue weighted by molar-refractivity contribution is 5.26. The molecule has 31 heavy (non-hydrogen) atoms. The van der Waals surface area contributed by atoms with Crippen LogP contribution in [0.25, 0.3) is 0 Å². The Balaban J connectivity index is 1.24. The van der Waals surface area contributed by atoms with Crippen LogP contribution in [0.15, 0.2) is 0 Å². The zero-order valence-electron chi connectivity index (χ0n) is 21.3. The molecule has 6 fully saturated rings. The van der Waals surface area contributed by atoms with Gasteiger partial charge in [-0.25, -0.2) is 0 Å². The van der Waals surface area contributed by atoms with Crippen LogP contribution >= 0.6 is 0 Å². The average Bonchev–Trinajstić information content (AvgIpc) is 3.62. The van der Waals surface area contributed by atoms with E-state index in [0.717, 1.165) is 41.4 Å². The summed E-state index contributed by atoms with van der Waals surface area (Å²) in [6.07, 6.45) is 13.2. The molecule has 0 aromatic rings. The number of hydrogen-bond acceptors (Lipinski definition) is 2. The lowest BCUT2D eigenvalue weighted by atomic mass is 9.45. The maximum absolute atomic E-state index is 6.35. The first-order chi connectivity index (χ1) is 14.7. The van der Waals surface area contributed by atoms with E-state index in [-0.39, 0.29) is 0 Å². The molecule has 2 nitrogen and oxygen atoms in total. The van der Waals surface area contributed by atoms with Crippen molar-refractivity contribution in [1.29, 1.82) is 0 Å². The summed E-state index contributed by atoms with van der Waals surface area (Å²) < 4.78 is 12.7. The SMILES string of the molecule is CO[C@@H]1C[C@H]2[C@@H]3CC[C@H]([C@H](C)[C@H]4O[C@@H]4[C@H](C)C(C)C)[C@@]3(C)CC[C@@H]2[C@@]2(C)CC[C@@H]3C[C@]312. The normalized spacial score (nSPS) is 58.8. The molecule has 13 atom stereocenters. The molecule has 5 saturated carbocycles. The molecule has 2 heteroatoms. The van der Waals surface area contributed by atoms with E-state index in [4.69, 9.17) is 9.47 Å². The molecule has 0 aromatic heterocycles. The molecule has 0 aromatic carbocycles. The van der Waals surface area contributed by atoms with E-state index >= 15 is 0 Å². The third-order valence-corrected chi connectivity index (χ3v) is 13.2. The number of rotatable bonds is 5. The number of epoxide rings is 1. The van der Waals surface area contributed by atoms with Crippen molar-refractivity contribution in [2.75, 3.05) is 7.11 Å². The van der Waals surface area contributed by atoms with Gasteiger partial charge in [0.2, 0.25) is 0 Å². The van der Waals surface area contributed by atoms with Gasteiger partial charge in [0.05, 0.1) is 18.3 Å². The Hall–Kier alpha value is -0.0800. The summed E-state index contributed by atoms with van der Waals surface area (Å²) in [5.41, 5.74) is 1.65. The minimum atomic E-state index is 0.519. The van der Waals surface area contributed by atoms with Gasteiger partial charge in [-0.2, -0.15) is 0 Å². The molecular formula is C29H48O2. The maximum Gasteiger partial charge on any atom is 0.0873 e. The average molecular weight is 429 g/mol. The molecule has 6 aliphatic rings. The minimum Gasteiger partial charge on any atom is -0.381 e. The van der Waals surface area contributed by atoms with Crippen LogP contribution in [0.5, 0.6) is 0 Å². The van der Waals surface area contributed by atoms with Gasteiger partial charge in [0, 0.05) is 12.5 Å². The second-order valence-corrected chi connectivity index (χ2v) is 14.0. The van der Waals surface area contributed by atoms with Crippen molar-refractivity contribution in [3.63, 3.8) is 0 Å². The Morgan fingerprint density at radius 1 is 0.903 bits per heavy atom. The lowest BCUT2D eigenvalue weighted by Gasteiger charge is -2.61. The predicted molar refractivity (Wildman–Crippen MR) is 126 cm³/mol. The van der Waals surface area contributed by atoms with Gasteiger partial charge in [-0.1, -0.05) is 41.5 Å². The van der Waals surface area contributed by atoms with Gasteiger partial charge in [-0.15, -0.1) is 0 Å². The Morgan fingerprint density at radius 2 is 1.68 bits per heavy atom. The van der Waals surface area contributed by atoms with Crippen molar-refractivity contribution in [3.05, 3.63) is 0 Å². The van der Waals surface area contributed by atoms with E-state index in [1.54, 1.807) is 0 Å². The molecule has 1 saturated heterocycles. The van der Waals surface area contributed by atoms with E-state index in [2.05, 4.69) is 41.5 Å². The number of methoxy groups -OCH3 is 1. The smallest absolute Gasteiger partial charge is 0.0873 e. The Kier molecular flexibility index (Phi) is 4.67. The highest BCUT2D eigenvalue weighted by atomic mass is 16.6. The number of fused-ring (bicyclic) bond motifs is 4. The molecule has 6 rings (SSSR count). The van der Waals surface area contributed by atoms with Crippen molar-refractivity contribution in [2.24, 2.45) is 63.6 Å². The zero-order chi connectivity index (χ0) is 21.9.